The van der Waals surface area contributed by atoms with Gasteiger partial charge in [-0.2, -0.15) is 0 Å². The second-order valence-electron chi connectivity index (χ2n) is 9.82. The summed E-state index contributed by atoms with van der Waals surface area (Å²) in [7, 11) is 0. The molecule has 184 valence electrons. The molecule has 0 aliphatic rings. The van der Waals surface area contributed by atoms with Gasteiger partial charge in [-0.25, -0.2) is 15.0 Å². The van der Waals surface area contributed by atoms with Gasteiger partial charge in [0.1, 0.15) is 0 Å². The molecule has 0 spiro atoms. The largest absolute Gasteiger partial charge is 0.208 e. The van der Waals surface area contributed by atoms with Gasteiger partial charge in [-0.3, -0.25) is 0 Å². The Morgan fingerprint density at radius 1 is 0.385 bits per heavy atom. The molecule has 6 aromatic carbocycles. The molecule has 0 bridgehead atoms. The van der Waals surface area contributed by atoms with Gasteiger partial charge in [0.2, 0.25) is 0 Å². The quantitative estimate of drug-likeness (QED) is 0.227. The standard InChI is InChI=1S/C36H25N3/c1-24-20-28(33-23-27-16-8-9-17-30(27)31-18-10-11-19-32(31)33)22-29(21-24)36-38-34(25-12-4-2-5-13-25)37-35(39-36)26-14-6-3-7-15-26/h2-23H,1H3. The van der Waals surface area contributed by atoms with Crippen LogP contribution in [-0.2, 0) is 0 Å². The molecule has 39 heavy (non-hydrogen) atoms. The fourth-order valence-corrected chi connectivity index (χ4v) is 5.30. The van der Waals surface area contributed by atoms with Crippen LogP contribution in [0, 0.1) is 6.92 Å². The average molecular weight is 500 g/mol. The van der Waals surface area contributed by atoms with Crippen molar-refractivity contribution >= 4 is 21.5 Å². The van der Waals surface area contributed by atoms with Crippen molar-refractivity contribution in [2.45, 2.75) is 6.92 Å². The van der Waals surface area contributed by atoms with Crippen LogP contribution in [0.2, 0.25) is 0 Å². The molecule has 0 aliphatic carbocycles. The highest BCUT2D eigenvalue weighted by Crippen LogP contribution is 2.37. The summed E-state index contributed by atoms with van der Waals surface area (Å²) >= 11 is 0. The van der Waals surface area contributed by atoms with E-state index < -0.39 is 0 Å². The van der Waals surface area contributed by atoms with Crippen molar-refractivity contribution in [2.24, 2.45) is 0 Å². The van der Waals surface area contributed by atoms with Crippen LogP contribution in [0.25, 0.3) is 66.8 Å². The molecule has 0 saturated carbocycles. The molecule has 0 amide bonds. The smallest absolute Gasteiger partial charge is 0.164 e. The summed E-state index contributed by atoms with van der Waals surface area (Å²) in [6.45, 7) is 2.13. The van der Waals surface area contributed by atoms with Gasteiger partial charge in [0.15, 0.2) is 17.5 Å². The van der Waals surface area contributed by atoms with Gasteiger partial charge in [-0.05, 0) is 63.4 Å². The SMILES string of the molecule is Cc1cc(-c2nc(-c3ccccc3)nc(-c3ccccc3)n2)cc(-c2cc3ccccc3c3ccccc23)c1. The molecule has 1 aromatic heterocycles. The maximum atomic E-state index is 4.97. The predicted molar refractivity (Wildman–Crippen MR) is 161 cm³/mol. The first-order chi connectivity index (χ1) is 19.2. The van der Waals surface area contributed by atoms with E-state index in [4.69, 9.17) is 15.0 Å². The Labute approximate surface area is 227 Å². The fraction of sp³-hybridized carbons (Fsp3) is 0.0278. The Kier molecular flexibility index (Phi) is 5.68. The second-order valence-corrected chi connectivity index (χ2v) is 9.82. The lowest BCUT2D eigenvalue weighted by Crippen LogP contribution is -2.00. The Bertz CT molecular complexity index is 1900. The van der Waals surface area contributed by atoms with Gasteiger partial charge >= 0.3 is 0 Å². The van der Waals surface area contributed by atoms with Crippen molar-refractivity contribution in [3.63, 3.8) is 0 Å². The van der Waals surface area contributed by atoms with E-state index in [1.54, 1.807) is 0 Å². The van der Waals surface area contributed by atoms with E-state index in [9.17, 15) is 0 Å². The van der Waals surface area contributed by atoms with Crippen molar-refractivity contribution in [2.75, 3.05) is 0 Å². The summed E-state index contributed by atoms with van der Waals surface area (Å²) < 4.78 is 0. The van der Waals surface area contributed by atoms with E-state index in [2.05, 4.69) is 79.7 Å². The van der Waals surface area contributed by atoms with Crippen molar-refractivity contribution in [3.05, 3.63) is 139 Å². The summed E-state index contributed by atoms with van der Waals surface area (Å²) in [6, 6.07) is 46.4. The van der Waals surface area contributed by atoms with Crippen molar-refractivity contribution < 1.29 is 0 Å². The first-order valence-corrected chi connectivity index (χ1v) is 13.1. The van der Waals surface area contributed by atoms with Crippen LogP contribution in [0.5, 0.6) is 0 Å². The van der Waals surface area contributed by atoms with Crippen molar-refractivity contribution in [1.29, 1.82) is 0 Å². The van der Waals surface area contributed by atoms with Gasteiger partial charge in [0, 0.05) is 16.7 Å². The van der Waals surface area contributed by atoms with Crippen LogP contribution in [0.1, 0.15) is 5.56 Å². The monoisotopic (exact) mass is 499 g/mol. The van der Waals surface area contributed by atoms with E-state index in [1.807, 2.05) is 60.7 Å². The van der Waals surface area contributed by atoms with E-state index in [-0.39, 0.29) is 0 Å². The number of hydrogen-bond acceptors (Lipinski definition) is 3. The maximum absolute atomic E-state index is 4.97. The van der Waals surface area contributed by atoms with E-state index >= 15 is 0 Å². The molecule has 0 unspecified atom stereocenters. The predicted octanol–water partition coefficient (Wildman–Crippen LogP) is 9.15. The molecule has 0 fully saturated rings. The van der Waals surface area contributed by atoms with Crippen LogP contribution >= 0.6 is 0 Å². The molecular formula is C36H25N3. The minimum atomic E-state index is 0.665. The van der Waals surface area contributed by atoms with Crippen LogP contribution < -0.4 is 0 Å². The molecular weight excluding hydrogens is 474 g/mol. The van der Waals surface area contributed by atoms with Gasteiger partial charge in [0.05, 0.1) is 0 Å². The molecule has 0 radical (unpaired) electrons. The molecule has 0 aliphatic heterocycles. The fourth-order valence-electron chi connectivity index (χ4n) is 5.30. The average Bonchev–Trinajstić information content (AvgIpc) is 3.01. The number of hydrogen-bond donors (Lipinski definition) is 0. The highest BCUT2D eigenvalue weighted by atomic mass is 15.0. The third-order valence-corrected chi connectivity index (χ3v) is 7.11. The van der Waals surface area contributed by atoms with E-state index in [0.717, 1.165) is 27.8 Å². The van der Waals surface area contributed by atoms with Crippen LogP contribution in [0.4, 0.5) is 0 Å². The number of nitrogens with zero attached hydrogens (tertiary/aromatic N) is 3. The highest BCUT2D eigenvalue weighted by molar-refractivity contribution is 6.13. The van der Waals surface area contributed by atoms with Gasteiger partial charge in [-0.1, -0.05) is 115 Å². The number of fused-ring (bicyclic) bond motifs is 3. The molecule has 0 atom stereocenters. The maximum Gasteiger partial charge on any atom is 0.164 e. The Morgan fingerprint density at radius 2 is 0.872 bits per heavy atom. The zero-order valence-electron chi connectivity index (χ0n) is 21.5. The zero-order valence-corrected chi connectivity index (χ0v) is 21.5. The van der Waals surface area contributed by atoms with Gasteiger partial charge in [-0.15, -0.1) is 0 Å². The minimum absolute atomic E-state index is 0.665. The van der Waals surface area contributed by atoms with Crippen LogP contribution in [0.15, 0.2) is 133 Å². The second kappa shape index (κ2) is 9.62. The zero-order chi connectivity index (χ0) is 26.2. The number of benzene rings is 6. The topological polar surface area (TPSA) is 38.7 Å². The Hall–Kier alpha value is -5.15. The Morgan fingerprint density at radius 3 is 1.51 bits per heavy atom. The molecule has 7 rings (SSSR count). The normalized spacial score (nSPS) is 11.2. The Balaban J connectivity index is 1.45. The van der Waals surface area contributed by atoms with Crippen LogP contribution in [0.3, 0.4) is 0 Å². The highest BCUT2D eigenvalue weighted by Gasteiger charge is 2.15. The minimum Gasteiger partial charge on any atom is -0.208 e. The van der Waals surface area contributed by atoms with Gasteiger partial charge in [0.25, 0.3) is 0 Å². The molecule has 1 heterocycles. The summed E-state index contributed by atoms with van der Waals surface area (Å²) in [5.74, 6) is 2.00. The molecule has 0 saturated heterocycles. The molecule has 3 nitrogen and oxygen atoms in total. The molecule has 3 heteroatoms. The molecule has 7 aromatic rings. The lowest BCUT2D eigenvalue weighted by atomic mass is 9.91. The summed E-state index contributed by atoms with van der Waals surface area (Å²) in [5, 5.41) is 4.99. The molecule has 0 N–H and O–H groups in total. The van der Waals surface area contributed by atoms with Gasteiger partial charge < -0.3 is 0 Å². The van der Waals surface area contributed by atoms with Crippen molar-refractivity contribution in [3.8, 4) is 45.3 Å². The van der Waals surface area contributed by atoms with E-state index in [0.29, 0.717) is 17.5 Å². The third-order valence-electron chi connectivity index (χ3n) is 7.11. The lowest BCUT2D eigenvalue weighted by Gasteiger charge is -2.14. The number of aryl methyl sites for hydroxylation is 1. The summed E-state index contributed by atoms with van der Waals surface area (Å²) in [6.07, 6.45) is 0. The lowest BCUT2D eigenvalue weighted by molar-refractivity contribution is 1.07. The number of rotatable bonds is 4. The first kappa shape index (κ1) is 23.0. The summed E-state index contributed by atoms with van der Waals surface area (Å²) in [5.41, 5.74) is 6.41. The van der Waals surface area contributed by atoms with Crippen LogP contribution in [-0.4, -0.2) is 15.0 Å². The van der Waals surface area contributed by atoms with Crippen molar-refractivity contribution in [1.82, 2.24) is 15.0 Å². The van der Waals surface area contributed by atoms with E-state index in [1.165, 1.54) is 27.1 Å². The third kappa shape index (κ3) is 4.34. The first-order valence-electron chi connectivity index (χ1n) is 13.1. The number of aromatic nitrogens is 3. The summed E-state index contributed by atoms with van der Waals surface area (Å²) in [4.78, 5) is 14.8.